The van der Waals surface area contributed by atoms with Crippen LogP contribution >= 0.6 is 12.2 Å². The quantitative estimate of drug-likeness (QED) is 0.0582. The van der Waals surface area contributed by atoms with Crippen molar-refractivity contribution in [1.29, 1.82) is 0 Å². The lowest BCUT2D eigenvalue weighted by Gasteiger charge is -2.24. The molecule has 0 aliphatic heterocycles. The fourth-order valence-corrected chi connectivity index (χ4v) is 5.45. The molecule has 0 radical (unpaired) electrons. The lowest BCUT2D eigenvalue weighted by atomic mass is 10.1. The van der Waals surface area contributed by atoms with Gasteiger partial charge in [0.2, 0.25) is 22.4 Å². The van der Waals surface area contributed by atoms with Gasteiger partial charge in [-0.2, -0.15) is 0 Å². The van der Waals surface area contributed by atoms with E-state index in [1.165, 1.54) is 22.8 Å². The summed E-state index contributed by atoms with van der Waals surface area (Å²) in [7, 11) is 0. The van der Waals surface area contributed by atoms with Crippen LogP contribution in [0.5, 0.6) is 0 Å². The van der Waals surface area contributed by atoms with Crippen molar-refractivity contribution in [3.05, 3.63) is 39.1 Å². The first-order valence-electron chi connectivity index (χ1n) is 18.8. The summed E-state index contributed by atoms with van der Waals surface area (Å²) in [5.74, 6) is -1.40. The second-order valence-corrected chi connectivity index (χ2v) is 15.2. The molecular formula is C37H56FN7O11S. The summed E-state index contributed by atoms with van der Waals surface area (Å²) in [4.78, 5) is 62.5. The summed E-state index contributed by atoms with van der Waals surface area (Å²) in [5, 5.41) is 15.0. The number of halogens is 1. The van der Waals surface area contributed by atoms with Crippen molar-refractivity contribution in [2.75, 3.05) is 65.9 Å². The Labute approximate surface area is 335 Å². The SMILES string of the molecule is CC(C)(C)OC(=O)CC[C@H](NC(=O)OC(C)(C)C)C(=O)NCCOCCOCCOCCOCCC(=O)NCCCn1c(=O)c2cc(F)ccc2n2c(=S)[nH]nc12. The standard InChI is InChI=1S/C37H56FN7O11S/c1-36(2,3)55-30(47)11-9-27(41-35(50)56-37(4,5)6)31(48)40-14-17-52-19-21-54-23-22-53-20-18-51-16-12-29(46)39-13-7-15-44-32(49)26-24-25(38)8-10-28(26)45-33(44)42-43-34(45)57/h8,10,24,27H,7,9,11-23H2,1-6H3,(H,39,46)(H,40,48)(H,41,50)(H,43,57)/t27-/m0/s1. The van der Waals surface area contributed by atoms with Gasteiger partial charge in [-0.3, -0.25) is 28.1 Å². The van der Waals surface area contributed by atoms with Crippen LogP contribution in [0.1, 0.15) is 67.2 Å². The molecule has 20 heteroatoms. The van der Waals surface area contributed by atoms with Crippen LogP contribution in [0.4, 0.5) is 9.18 Å². The van der Waals surface area contributed by atoms with Gasteiger partial charge in [-0.25, -0.2) is 14.3 Å². The number of hydrogen-bond donors (Lipinski definition) is 4. The smallest absolute Gasteiger partial charge is 0.408 e. The molecule has 1 aromatic carbocycles. The van der Waals surface area contributed by atoms with Gasteiger partial charge in [0.05, 0.1) is 63.8 Å². The maximum atomic E-state index is 13.9. The van der Waals surface area contributed by atoms with Crippen LogP contribution in [-0.4, -0.2) is 126 Å². The van der Waals surface area contributed by atoms with Crippen LogP contribution in [0, 0.1) is 10.6 Å². The maximum absolute atomic E-state index is 13.9. The van der Waals surface area contributed by atoms with Crippen LogP contribution < -0.4 is 21.5 Å². The summed E-state index contributed by atoms with van der Waals surface area (Å²) >= 11 is 5.30. The predicted molar refractivity (Wildman–Crippen MR) is 209 cm³/mol. The molecule has 3 aromatic rings. The third kappa shape index (κ3) is 17.3. The number of H-pyrrole nitrogens is 1. The number of nitrogens with one attached hydrogen (secondary N) is 4. The second-order valence-electron chi connectivity index (χ2n) is 14.8. The molecule has 1 atom stereocenters. The van der Waals surface area contributed by atoms with Gasteiger partial charge in [0.15, 0.2) is 0 Å². The predicted octanol–water partition coefficient (Wildman–Crippen LogP) is 2.94. The molecular weight excluding hydrogens is 770 g/mol. The Morgan fingerprint density at radius 1 is 0.842 bits per heavy atom. The largest absolute Gasteiger partial charge is 0.460 e. The fraction of sp³-hybridized carbons (Fsp3) is 0.649. The summed E-state index contributed by atoms with van der Waals surface area (Å²) in [6.45, 7) is 13.3. The second kappa shape index (κ2) is 23.0. The first-order valence-corrected chi connectivity index (χ1v) is 19.2. The Bertz CT molecular complexity index is 1900. The Morgan fingerprint density at radius 3 is 2.09 bits per heavy atom. The van der Waals surface area contributed by atoms with Crippen molar-refractivity contribution >= 4 is 52.8 Å². The summed E-state index contributed by atoms with van der Waals surface area (Å²) in [6.07, 6.45) is -0.235. The number of ether oxygens (including phenoxy) is 6. The number of esters is 1. The minimum absolute atomic E-state index is 0.0284. The molecule has 318 valence electrons. The molecule has 57 heavy (non-hydrogen) atoms. The van der Waals surface area contributed by atoms with Crippen LogP contribution in [0.3, 0.4) is 0 Å². The zero-order valence-electron chi connectivity index (χ0n) is 33.5. The van der Waals surface area contributed by atoms with Crippen molar-refractivity contribution < 1.29 is 52.0 Å². The van der Waals surface area contributed by atoms with Crippen molar-refractivity contribution in [2.45, 2.75) is 91.0 Å². The zero-order chi connectivity index (χ0) is 42.0. The Hall–Kier alpha value is -4.50. The molecule has 2 aromatic heterocycles. The first kappa shape index (κ1) is 46.9. The number of hydrogen-bond acceptors (Lipinski definition) is 13. The molecule has 3 amide bonds. The first-order chi connectivity index (χ1) is 26.9. The van der Waals surface area contributed by atoms with Crippen LogP contribution in [0.25, 0.3) is 16.7 Å². The molecule has 0 spiro atoms. The number of benzene rings is 1. The minimum Gasteiger partial charge on any atom is -0.460 e. The molecule has 0 saturated carbocycles. The van der Waals surface area contributed by atoms with Gasteiger partial charge in [0, 0.05) is 32.5 Å². The van der Waals surface area contributed by atoms with Gasteiger partial charge >= 0.3 is 12.1 Å². The van der Waals surface area contributed by atoms with E-state index < -0.39 is 46.6 Å². The monoisotopic (exact) mass is 825 g/mol. The summed E-state index contributed by atoms with van der Waals surface area (Å²) in [5.41, 5.74) is -1.38. The van der Waals surface area contributed by atoms with Crippen LogP contribution in [0.15, 0.2) is 23.0 Å². The van der Waals surface area contributed by atoms with E-state index in [1.54, 1.807) is 45.9 Å². The van der Waals surface area contributed by atoms with Crippen LogP contribution in [-0.2, 0) is 49.3 Å². The molecule has 0 fully saturated rings. The normalized spacial score (nSPS) is 12.4. The van der Waals surface area contributed by atoms with Crippen molar-refractivity contribution in [1.82, 2.24) is 35.1 Å². The maximum Gasteiger partial charge on any atom is 0.408 e. The van der Waals surface area contributed by atoms with Gasteiger partial charge in [-0.15, -0.1) is 5.10 Å². The van der Waals surface area contributed by atoms with Crippen LogP contribution in [0.2, 0.25) is 0 Å². The Kier molecular flexibility index (Phi) is 18.9. The van der Waals surface area contributed by atoms with Gasteiger partial charge in [-0.05, 0) is 84.8 Å². The summed E-state index contributed by atoms with van der Waals surface area (Å²) in [6, 6.07) is 2.91. The number of nitrogens with zero attached hydrogens (tertiary/aromatic N) is 3. The highest BCUT2D eigenvalue weighted by molar-refractivity contribution is 7.71. The van der Waals surface area contributed by atoms with Gasteiger partial charge in [-0.1, -0.05) is 0 Å². The van der Waals surface area contributed by atoms with Crippen molar-refractivity contribution in [3.8, 4) is 0 Å². The van der Waals surface area contributed by atoms with E-state index >= 15 is 0 Å². The average molecular weight is 826 g/mol. The number of fused-ring (bicyclic) bond motifs is 3. The number of amides is 3. The zero-order valence-corrected chi connectivity index (χ0v) is 34.4. The van der Waals surface area contributed by atoms with Gasteiger partial charge in [0.1, 0.15) is 23.1 Å². The lowest BCUT2D eigenvalue weighted by Crippen LogP contribution is -2.49. The molecule has 0 aliphatic rings. The molecule has 0 bridgehead atoms. The number of alkyl carbamates (subject to hydrolysis) is 1. The van der Waals surface area contributed by atoms with E-state index in [0.717, 1.165) is 0 Å². The molecule has 4 N–H and O–H groups in total. The molecule has 18 nitrogen and oxygen atoms in total. The number of aryl methyl sites for hydroxylation is 1. The lowest BCUT2D eigenvalue weighted by molar-refractivity contribution is -0.155. The molecule has 3 rings (SSSR count). The van der Waals surface area contributed by atoms with E-state index in [4.69, 9.17) is 40.6 Å². The third-order valence-electron chi connectivity index (χ3n) is 7.65. The van der Waals surface area contributed by atoms with E-state index in [0.29, 0.717) is 57.3 Å². The van der Waals surface area contributed by atoms with Gasteiger partial charge < -0.3 is 44.4 Å². The highest BCUT2D eigenvalue weighted by Crippen LogP contribution is 2.15. The van der Waals surface area contributed by atoms with Crippen molar-refractivity contribution in [3.63, 3.8) is 0 Å². The fourth-order valence-electron chi connectivity index (χ4n) is 5.22. The van der Waals surface area contributed by atoms with E-state index in [-0.39, 0.29) is 68.2 Å². The molecule has 0 saturated heterocycles. The number of aromatic nitrogens is 4. The van der Waals surface area contributed by atoms with E-state index in [2.05, 4.69) is 26.1 Å². The highest BCUT2D eigenvalue weighted by atomic mass is 32.1. The van der Waals surface area contributed by atoms with Crippen molar-refractivity contribution in [2.24, 2.45) is 0 Å². The Balaban J connectivity index is 1.18. The minimum atomic E-state index is -1.01. The topological polar surface area (TPSA) is 215 Å². The van der Waals surface area contributed by atoms with Gasteiger partial charge in [0.25, 0.3) is 5.56 Å². The number of aromatic amines is 1. The highest BCUT2D eigenvalue weighted by Gasteiger charge is 2.26. The molecule has 0 aliphatic carbocycles. The average Bonchev–Trinajstić information content (AvgIpc) is 3.50. The number of rotatable bonds is 24. The van der Waals surface area contributed by atoms with E-state index in [9.17, 15) is 28.4 Å². The summed E-state index contributed by atoms with van der Waals surface area (Å²) < 4.78 is 49.6. The number of carbonyl (C=O) groups excluding carboxylic acids is 4. The van der Waals surface area contributed by atoms with E-state index in [1.807, 2.05) is 0 Å². The Morgan fingerprint density at radius 2 is 1.46 bits per heavy atom. The third-order valence-corrected chi connectivity index (χ3v) is 7.93. The molecule has 0 unspecified atom stereocenters. The number of carbonyl (C=O) groups is 4. The molecule has 2 heterocycles.